The molecule has 2 aromatic rings. The molecule has 1 aromatic heterocycles. The third-order valence-electron chi connectivity index (χ3n) is 1.95. The SMILES string of the molecule is OCC(F)(F)c1ccc2ncoc2c1. The maximum Gasteiger partial charge on any atom is 0.295 e. The summed E-state index contributed by atoms with van der Waals surface area (Å²) in [7, 11) is 0. The van der Waals surface area contributed by atoms with Gasteiger partial charge in [-0.15, -0.1) is 0 Å². The molecule has 74 valence electrons. The van der Waals surface area contributed by atoms with Gasteiger partial charge < -0.3 is 9.52 Å². The molecule has 0 unspecified atom stereocenters. The Kier molecular flexibility index (Phi) is 1.96. The van der Waals surface area contributed by atoms with E-state index in [1.165, 1.54) is 24.6 Å². The second-order valence-electron chi connectivity index (χ2n) is 2.90. The lowest BCUT2D eigenvalue weighted by Crippen LogP contribution is -2.18. The molecule has 0 saturated carbocycles. The van der Waals surface area contributed by atoms with Crippen molar-refractivity contribution < 1.29 is 18.3 Å². The van der Waals surface area contributed by atoms with Gasteiger partial charge in [0.25, 0.3) is 5.92 Å². The summed E-state index contributed by atoms with van der Waals surface area (Å²) in [6.45, 7) is -1.22. The largest absolute Gasteiger partial charge is 0.443 e. The van der Waals surface area contributed by atoms with E-state index in [0.29, 0.717) is 5.52 Å². The zero-order chi connectivity index (χ0) is 10.2. The smallest absolute Gasteiger partial charge is 0.295 e. The first kappa shape index (κ1) is 9.08. The fraction of sp³-hybridized carbons (Fsp3) is 0.222. The van der Waals surface area contributed by atoms with Crippen molar-refractivity contribution in [2.75, 3.05) is 6.61 Å². The van der Waals surface area contributed by atoms with Crippen LogP contribution in [0.5, 0.6) is 0 Å². The van der Waals surface area contributed by atoms with E-state index in [1.807, 2.05) is 0 Å². The summed E-state index contributed by atoms with van der Waals surface area (Å²) in [6, 6.07) is 3.83. The van der Waals surface area contributed by atoms with E-state index < -0.39 is 12.5 Å². The summed E-state index contributed by atoms with van der Waals surface area (Å²) in [6.07, 6.45) is 1.19. The summed E-state index contributed by atoms with van der Waals surface area (Å²) in [5, 5.41) is 8.47. The molecule has 5 heteroatoms. The second-order valence-corrected chi connectivity index (χ2v) is 2.90. The van der Waals surface area contributed by atoms with Crippen molar-refractivity contribution in [1.82, 2.24) is 4.98 Å². The fourth-order valence-electron chi connectivity index (χ4n) is 1.17. The lowest BCUT2D eigenvalue weighted by atomic mass is 10.1. The van der Waals surface area contributed by atoms with Gasteiger partial charge in [0.05, 0.1) is 0 Å². The molecule has 0 bridgehead atoms. The molecule has 14 heavy (non-hydrogen) atoms. The normalized spacial score (nSPS) is 12.2. The van der Waals surface area contributed by atoms with E-state index in [2.05, 4.69) is 4.98 Å². The van der Waals surface area contributed by atoms with Crippen LogP contribution >= 0.6 is 0 Å². The van der Waals surface area contributed by atoms with Gasteiger partial charge in [-0.05, 0) is 12.1 Å². The Morgan fingerprint density at radius 2 is 2.21 bits per heavy atom. The van der Waals surface area contributed by atoms with Crippen molar-refractivity contribution in [2.24, 2.45) is 0 Å². The number of aliphatic hydroxyl groups is 1. The minimum absolute atomic E-state index is 0.274. The van der Waals surface area contributed by atoms with E-state index in [-0.39, 0.29) is 11.1 Å². The number of alkyl halides is 2. The molecular formula is C9H7F2NO2. The average Bonchev–Trinajstić information content (AvgIpc) is 2.64. The van der Waals surface area contributed by atoms with Crippen LogP contribution < -0.4 is 0 Å². The molecule has 3 nitrogen and oxygen atoms in total. The van der Waals surface area contributed by atoms with Crippen molar-refractivity contribution in [3.63, 3.8) is 0 Å². The van der Waals surface area contributed by atoms with Crippen molar-refractivity contribution >= 4 is 11.1 Å². The second kappa shape index (κ2) is 3.02. The summed E-state index contributed by atoms with van der Waals surface area (Å²) >= 11 is 0. The average molecular weight is 199 g/mol. The van der Waals surface area contributed by atoms with Crippen LogP contribution in [0.4, 0.5) is 8.78 Å². The summed E-state index contributed by atoms with van der Waals surface area (Å²) < 4.78 is 30.9. The third-order valence-corrected chi connectivity index (χ3v) is 1.95. The van der Waals surface area contributed by atoms with Crippen molar-refractivity contribution in [3.8, 4) is 0 Å². The highest BCUT2D eigenvalue weighted by Gasteiger charge is 2.30. The van der Waals surface area contributed by atoms with Crippen molar-refractivity contribution in [3.05, 3.63) is 30.2 Å². The van der Waals surface area contributed by atoms with Gasteiger partial charge in [-0.3, -0.25) is 0 Å². The molecule has 0 radical (unpaired) electrons. The fourth-order valence-corrected chi connectivity index (χ4v) is 1.17. The lowest BCUT2D eigenvalue weighted by Gasteiger charge is -2.12. The molecule has 0 fully saturated rings. The zero-order valence-electron chi connectivity index (χ0n) is 7.08. The van der Waals surface area contributed by atoms with Gasteiger partial charge in [-0.25, -0.2) is 4.98 Å². The Morgan fingerprint density at radius 3 is 2.93 bits per heavy atom. The van der Waals surface area contributed by atoms with E-state index >= 15 is 0 Å². The van der Waals surface area contributed by atoms with E-state index in [0.717, 1.165) is 0 Å². The van der Waals surface area contributed by atoms with Crippen molar-refractivity contribution in [1.29, 1.82) is 0 Å². The Bertz CT molecular complexity index is 453. The van der Waals surface area contributed by atoms with Crippen LogP contribution in [-0.2, 0) is 5.92 Å². The molecule has 0 saturated heterocycles. The van der Waals surface area contributed by atoms with Crippen LogP contribution in [0, 0.1) is 0 Å². The third kappa shape index (κ3) is 1.35. The van der Waals surface area contributed by atoms with Crippen LogP contribution in [0.2, 0.25) is 0 Å². The van der Waals surface area contributed by atoms with Gasteiger partial charge in [0, 0.05) is 5.56 Å². The number of halogens is 2. The number of rotatable bonds is 2. The Morgan fingerprint density at radius 1 is 1.43 bits per heavy atom. The van der Waals surface area contributed by atoms with Crippen LogP contribution in [0.3, 0.4) is 0 Å². The number of fused-ring (bicyclic) bond motifs is 1. The van der Waals surface area contributed by atoms with E-state index in [9.17, 15) is 8.78 Å². The summed E-state index contributed by atoms with van der Waals surface area (Å²) in [5.74, 6) is -3.24. The van der Waals surface area contributed by atoms with Crippen LogP contribution in [-0.4, -0.2) is 16.7 Å². The molecule has 0 spiro atoms. The zero-order valence-corrected chi connectivity index (χ0v) is 7.08. The molecular weight excluding hydrogens is 192 g/mol. The van der Waals surface area contributed by atoms with E-state index in [1.54, 1.807) is 0 Å². The first-order valence-corrected chi connectivity index (χ1v) is 3.96. The molecule has 1 N–H and O–H groups in total. The minimum atomic E-state index is -3.24. The monoisotopic (exact) mass is 199 g/mol. The van der Waals surface area contributed by atoms with Gasteiger partial charge in [0.2, 0.25) is 0 Å². The molecule has 0 amide bonds. The van der Waals surface area contributed by atoms with Gasteiger partial charge >= 0.3 is 0 Å². The van der Waals surface area contributed by atoms with Gasteiger partial charge in [-0.1, -0.05) is 6.07 Å². The highest BCUT2D eigenvalue weighted by molar-refractivity contribution is 5.72. The number of benzene rings is 1. The Balaban J connectivity index is 2.53. The summed E-state index contributed by atoms with van der Waals surface area (Å²) in [5.41, 5.74) is 0.530. The number of nitrogens with zero attached hydrogens (tertiary/aromatic N) is 1. The number of hydrogen-bond donors (Lipinski definition) is 1. The number of hydrogen-bond acceptors (Lipinski definition) is 3. The molecule has 0 atom stereocenters. The maximum absolute atomic E-state index is 13.0. The number of aliphatic hydroxyl groups excluding tert-OH is 1. The van der Waals surface area contributed by atoms with Gasteiger partial charge in [-0.2, -0.15) is 8.78 Å². The highest BCUT2D eigenvalue weighted by atomic mass is 19.3. The van der Waals surface area contributed by atoms with Crippen LogP contribution in [0.15, 0.2) is 29.0 Å². The quantitative estimate of drug-likeness (QED) is 0.803. The summed E-state index contributed by atoms with van der Waals surface area (Å²) in [4.78, 5) is 3.79. The van der Waals surface area contributed by atoms with Crippen LogP contribution in [0.25, 0.3) is 11.1 Å². The minimum Gasteiger partial charge on any atom is -0.443 e. The molecule has 2 rings (SSSR count). The molecule has 0 aliphatic rings. The number of oxazole rings is 1. The van der Waals surface area contributed by atoms with Crippen LogP contribution in [0.1, 0.15) is 5.56 Å². The first-order valence-electron chi connectivity index (χ1n) is 3.96. The predicted octanol–water partition coefficient (Wildman–Crippen LogP) is 1.91. The first-order chi connectivity index (χ1) is 6.63. The maximum atomic E-state index is 13.0. The Labute approximate surface area is 78.0 Å². The number of aromatic nitrogens is 1. The topological polar surface area (TPSA) is 46.3 Å². The molecule has 0 aliphatic heterocycles. The Hall–Kier alpha value is -1.49. The molecule has 0 aliphatic carbocycles. The highest BCUT2D eigenvalue weighted by Crippen LogP contribution is 2.29. The molecule has 1 heterocycles. The van der Waals surface area contributed by atoms with E-state index in [4.69, 9.17) is 9.52 Å². The van der Waals surface area contributed by atoms with Crippen molar-refractivity contribution in [2.45, 2.75) is 5.92 Å². The molecule has 1 aromatic carbocycles. The van der Waals surface area contributed by atoms with Gasteiger partial charge in [0.1, 0.15) is 12.1 Å². The lowest BCUT2D eigenvalue weighted by molar-refractivity contribution is -0.0555. The standard InChI is InChI=1S/C9H7F2NO2/c10-9(11,4-13)6-1-2-7-8(3-6)14-5-12-7/h1-3,5,13H,4H2. The van der Waals surface area contributed by atoms with Gasteiger partial charge in [0.15, 0.2) is 12.0 Å². The predicted molar refractivity (Wildman–Crippen MR) is 45.0 cm³/mol.